The molecule has 0 unspecified atom stereocenters. The number of carbonyl (C=O) groups excluding carboxylic acids is 1. The highest BCUT2D eigenvalue weighted by atomic mass is 35.5. The molecule has 1 N–H and O–H groups in total. The second kappa shape index (κ2) is 9.54. The third-order valence-corrected chi connectivity index (χ3v) is 5.46. The molecule has 0 atom stereocenters. The van der Waals surface area contributed by atoms with E-state index in [1.807, 2.05) is 13.0 Å². The van der Waals surface area contributed by atoms with Gasteiger partial charge in [0.2, 0.25) is 0 Å². The molecule has 0 saturated heterocycles. The molecule has 1 aliphatic rings. The molecule has 2 aromatic carbocycles. The van der Waals surface area contributed by atoms with Gasteiger partial charge in [-0.25, -0.2) is 10.1 Å². The van der Waals surface area contributed by atoms with Crippen LogP contribution in [-0.2, 0) is 6.54 Å². The van der Waals surface area contributed by atoms with Crippen LogP contribution < -0.4 is 15.7 Å². The summed E-state index contributed by atoms with van der Waals surface area (Å²) >= 11 is 12.2. The number of aryl methyl sites for hydroxylation is 1. The Bertz CT molecular complexity index is 1310. The van der Waals surface area contributed by atoms with Gasteiger partial charge in [-0.3, -0.25) is 9.59 Å². The Hall–Kier alpha value is -3.16. The van der Waals surface area contributed by atoms with Crippen LogP contribution >= 0.6 is 23.2 Å². The van der Waals surface area contributed by atoms with Crippen molar-refractivity contribution in [3.05, 3.63) is 73.6 Å². The Kier molecular flexibility index (Phi) is 6.58. The highest BCUT2D eigenvalue weighted by Crippen LogP contribution is 2.36. The molecule has 1 amide bonds. The number of aromatic nitrogens is 2. The highest BCUT2D eigenvalue weighted by molar-refractivity contribution is 6.36. The number of carbonyl (C=O) groups is 1. The number of amides is 1. The van der Waals surface area contributed by atoms with Gasteiger partial charge in [0, 0.05) is 28.1 Å². The Morgan fingerprint density at radius 2 is 2.06 bits per heavy atom. The number of fused-ring (bicyclic) bond motifs is 2. The van der Waals surface area contributed by atoms with Crippen molar-refractivity contribution >= 4 is 52.2 Å². The van der Waals surface area contributed by atoms with E-state index in [2.05, 4.69) is 15.6 Å². The van der Waals surface area contributed by atoms with Crippen LogP contribution in [0.1, 0.15) is 35.8 Å². The number of unbranched alkanes of at least 4 members (excludes halogenated alkanes) is 1. The van der Waals surface area contributed by atoms with Gasteiger partial charge < -0.3 is 4.74 Å². The van der Waals surface area contributed by atoms with E-state index in [1.165, 1.54) is 10.9 Å². The molecule has 9 heteroatoms. The van der Waals surface area contributed by atoms with E-state index in [0.717, 1.165) is 24.0 Å². The van der Waals surface area contributed by atoms with Gasteiger partial charge in [-0.05, 0) is 30.7 Å². The topological polar surface area (TPSA) is 85.6 Å². The van der Waals surface area contributed by atoms with E-state index in [0.29, 0.717) is 33.1 Å². The minimum absolute atomic E-state index is 0.145. The molecule has 4 rings (SSSR count). The van der Waals surface area contributed by atoms with Gasteiger partial charge in [-0.1, -0.05) is 54.7 Å². The number of hydrazone groups is 1. The molecule has 1 aliphatic heterocycles. The second-order valence-corrected chi connectivity index (χ2v) is 8.13. The SMILES string of the molecule is CCCCn1nc(C(=O)N/N=C/C2=Cc3cc(Cl)cc(Cl)c3OC2)c2ccccc2c1=O. The maximum Gasteiger partial charge on any atom is 0.292 e. The zero-order valence-corrected chi connectivity index (χ0v) is 18.8. The maximum absolute atomic E-state index is 12.8. The molecule has 0 bridgehead atoms. The first-order chi connectivity index (χ1) is 15.5. The van der Waals surface area contributed by atoms with Crippen LogP contribution in [-0.4, -0.2) is 28.5 Å². The Labute approximate surface area is 194 Å². The van der Waals surface area contributed by atoms with Crippen molar-refractivity contribution in [2.45, 2.75) is 26.3 Å². The fraction of sp³-hybridized carbons (Fsp3) is 0.217. The van der Waals surface area contributed by atoms with Crippen LogP contribution in [0.15, 0.2) is 51.9 Å². The van der Waals surface area contributed by atoms with E-state index in [4.69, 9.17) is 27.9 Å². The summed E-state index contributed by atoms with van der Waals surface area (Å²) in [5, 5.41) is 10.2. The van der Waals surface area contributed by atoms with Gasteiger partial charge in [-0.2, -0.15) is 10.2 Å². The van der Waals surface area contributed by atoms with Crippen molar-refractivity contribution in [2.75, 3.05) is 6.61 Å². The quantitative estimate of drug-likeness (QED) is 0.418. The van der Waals surface area contributed by atoms with Crippen LogP contribution in [0.5, 0.6) is 5.75 Å². The van der Waals surface area contributed by atoms with Crippen molar-refractivity contribution in [3.63, 3.8) is 0 Å². The minimum atomic E-state index is -0.508. The van der Waals surface area contributed by atoms with Crippen LogP contribution in [0.3, 0.4) is 0 Å². The number of ether oxygens (including phenoxy) is 1. The molecule has 0 spiro atoms. The van der Waals surface area contributed by atoms with Crippen LogP contribution in [0.2, 0.25) is 10.0 Å². The van der Waals surface area contributed by atoms with Crippen molar-refractivity contribution < 1.29 is 9.53 Å². The molecule has 0 fully saturated rings. The Morgan fingerprint density at radius 1 is 1.28 bits per heavy atom. The van der Waals surface area contributed by atoms with Crippen molar-refractivity contribution in [3.8, 4) is 5.75 Å². The molecule has 0 aliphatic carbocycles. The summed E-state index contributed by atoms with van der Waals surface area (Å²) in [6, 6.07) is 10.3. The first-order valence-electron chi connectivity index (χ1n) is 10.1. The third-order valence-electron chi connectivity index (χ3n) is 4.96. The first kappa shape index (κ1) is 22.0. The summed E-state index contributed by atoms with van der Waals surface area (Å²) < 4.78 is 7.01. The number of hydrogen-bond donors (Lipinski definition) is 1. The van der Waals surface area contributed by atoms with E-state index in [-0.39, 0.29) is 17.9 Å². The third kappa shape index (κ3) is 4.54. The Balaban J connectivity index is 1.58. The number of hydrogen-bond acceptors (Lipinski definition) is 5. The van der Waals surface area contributed by atoms with Gasteiger partial charge in [-0.15, -0.1) is 0 Å². The van der Waals surface area contributed by atoms with Crippen molar-refractivity contribution in [2.24, 2.45) is 5.10 Å². The number of nitrogens with one attached hydrogen (secondary N) is 1. The average Bonchev–Trinajstić information content (AvgIpc) is 2.78. The average molecular weight is 471 g/mol. The number of nitrogens with zero attached hydrogens (tertiary/aromatic N) is 3. The molecule has 0 radical (unpaired) electrons. The molecule has 0 saturated carbocycles. The summed E-state index contributed by atoms with van der Waals surface area (Å²) in [4.78, 5) is 25.5. The van der Waals surface area contributed by atoms with Gasteiger partial charge in [0.15, 0.2) is 5.69 Å². The summed E-state index contributed by atoms with van der Waals surface area (Å²) in [6.45, 7) is 2.72. The van der Waals surface area contributed by atoms with Gasteiger partial charge >= 0.3 is 0 Å². The summed E-state index contributed by atoms with van der Waals surface area (Å²) in [5.41, 5.74) is 3.88. The summed E-state index contributed by atoms with van der Waals surface area (Å²) in [7, 11) is 0. The van der Waals surface area contributed by atoms with Gasteiger partial charge in [0.25, 0.3) is 11.5 Å². The van der Waals surface area contributed by atoms with Crippen molar-refractivity contribution in [1.82, 2.24) is 15.2 Å². The monoisotopic (exact) mass is 470 g/mol. The largest absolute Gasteiger partial charge is 0.487 e. The molecular weight excluding hydrogens is 451 g/mol. The van der Waals surface area contributed by atoms with Crippen LogP contribution in [0.25, 0.3) is 16.8 Å². The lowest BCUT2D eigenvalue weighted by Gasteiger charge is -2.17. The lowest BCUT2D eigenvalue weighted by Crippen LogP contribution is -2.29. The number of rotatable bonds is 6. The Morgan fingerprint density at radius 3 is 2.84 bits per heavy atom. The predicted molar refractivity (Wildman–Crippen MR) is 127 cm³/mol. The molecule has 164 valence electrons. The highest BCUT2D eigenvalue weighted by Gasteiger charge is 2.17. The standard InChI is InChI=1S/C23H20Cl2N4O3/c1-2-3-8-29-23(31)18-7-5-4-6-17(18)20(28-29)22(30)27-26-12-14-9-15-10-16(24)11-19(25)21(15)32-13-14/h4-7,9-12H,2-3,8,13H2,1H3,(H,27,30)/b26-12+. The number of benzene rings is 2. The fourth-order valence-corrected chi connectivity index (χ4v) is 3.96. The number of halogens is 2. The fourth-order valence-electron chi connectivity index (χ4n) is 3.40. The molecule has 7 nitrogen and oxygen atoms in total. The lowest BCUT2D eigenvalue weighted by molar-refractivity contribution is 0.0949. The maximum atomic E-state index is 12.8. The zero-order chi connectivity index (χ0) is 22.7. The molecule has 3 aromatic rings. The van der Waals surface area contributed by atoms with E-state index >= 15 is 0 Å². The van der Waals surface area contributed by atoms with E-state index < -0.39 is 5.91 Å². The predicted octanol–water partition coefficient (Wildman–Crippen LogP) is 4.70. The first-order valence-corrected chi connectivity index (χ1v) is 10.9. The molecule has 32 heavy (non-hydrogen) atoms. The summed E-state index contributed by atoms with van der Waals surface area (Å²) in [6.07, 6.45) is 5.02. The zero-order valence-electron chi connectivity index (χ0n) is 17.3. The van der Waals surface area contributed by atoms with E-state index in [1.54, 1.807) is 36.4 Å². The molecular formula is C23H20Cl2N4O3. The molecule has 1 aromatic heterocycles. The van der Waals surface area contributed by atoms with Crippen LogP contribution in [0.4, 0.5) is 0 Å². The van der Waals surface area contributed by atoms with Gasteiger partial charge in [0.05, 0.1) is 16.6 Å². The second-order valence-electron chi connectivity index (χ2n) is 7.29. The van der Waals surface area contributed by atoms with Crippen molar-refractivity contribution in [1.29, 1.82) is 0 Å². The smallest absolute Gasteiger partial charge is 0.292 e. The normalized spacial score (nSPS) is 13.0. The van der Waals surface area contributed by atoms with E-state index in [9.17, 15) is 9.59 Å². The summed E-state index contributed by atoms with van der Waals surface area (Å²) in [5.74, 6) is 0.0498. The molecule has 2 heterocycles. The minimum Gasteiger partial charge on any atom is -0.487 e. The lowest BCUT2D eigenvalue weighted by atomic mass is 10.1. The van der Waals surface area contributed by atoms with Gasteiger partial charge in [0.1, 0.15) is 12.4 Å². The van der Waals surface area contributed by atoms with Crippen LogP contribution in [0, 0.1) is 0 Å².